The lowest BCUT2D eigenvalue weighted by atomic mass is 9.46. The molecule has 0 radical (unpaired) electrons. The molecule has 4 fully saturated rings. The molecule has 6 rings (SSSR count). The second-order valence-corrected chi connectivity index (χ2v) is 10.3. The molecule has 2 heteroatoms. The Balaban J connectivity index is 1.43. The molecule has 5 aliphatic carbocycles. The maximum atomic E-state index is 12.0. The molecule has 9 atom stereocenters. The van der Waals surface area contributed by atoms with Crippen LogP contribution in [0.3, 0.4) is 0 Å². The van der Waals surface area contributed by atoms with Crippen molar-refractivity contribution < 1.29 is 9.53 Å². The molecule has 0 aromatic carbocycles. The second kappa shape index (κ2) is 5.13. The van der Waals surface area contributed by atoms with Crippen molar-refractivity contribution in [2.24, 2.45) is 46.8 Å². The first-order valence-electron chi connectivity index (χ1n) is 11.2. The molecule has 1 spiro atoms. The van der Waals surface area contributed by atoms with Crippen LogP contribution < -0.4 is 0 Å². The molecular formula is C24H32O2. The average Bonchev–Trinajstić information content (AvgIpc) is 3.21. The van der Waals surface area contributed by atoms with E-state index in [9.17, 15) is 4.79 Å². The Labute approximate surface area is 157 Å². The molecule has 1 heterocycles. The molecule has 26 heavy (non-hydrogen) atoms. The number of allylic oxidation sites excluding steroid dienone is 1. The minimum absolute atomic E-state index is 0.0699. The number of hydrogen-bond donors (Lipinski definition) is 0. The van der Waals surface area contributed by atoms with Crippen LogP contribution in [0.5, 0.6) is 0 Å². The van der Waals surface area contributed by atoms with Crippen LogP contribution >= 0.6 is 0 Å². The van der Waals surface area contributed by atoms with Crippen molar-refractivity contribution in [2.75, 3.05) is 6.61 Å². The zero-order chi connectivity index (χ0) is 17.7. The maximum Gasteiger partial charge on any atom is 0.155 e. The molecule has 0 amide bonds. The summed E-state index contributed by atoms with van der Waals surface area (Å²) in [6, 6.07) is 0. The van der Waals surface area contributed by atoms with Crippen molar-refractivity contribution in [3.05, 3.63) is 23.8 Å². The van der Waals surface area contributed by atoms with Gasteiger partial charge in [0, 0.05) is 11.8 Å². The minimum Gasteiger partial charge on any atom is -0.366 e. The van der Waals surface area contributed by atoms with E-state index in [1.165, 1.54) is 37.7 Å². The van der Waals surface area contributed by atoms with Gasteiger partial charge in [0.1, 0.15) is 0 Å². The molecule has 0 bridgehead atoms. The molecule has 0 aromatic rings. The largest absolute Gasteiger partial charge is 0.366 e. The zero-order valence-electron chi connectivity index (χ0n) is 16.2. The van der Waals surface area contributed by atoms with E-state index in [-0.39, 0.29) is 5.60 Å². The van der Waals surface area contributed by atoms with Gasteiger partial charge in [-0.25, -0.2) is 0 Å². The van der Waals surface area contributed by atoms with Gasteiger partial charge in [0.05, 0.1) is 12.2 Å². The van der Waals surface area contributed by atoms with Crippen LogP contribution in [-0.4, -0.2) is 18.0 Å². The Kier molecular flexibility index (Phi) is 3.18. The van der Waals surface area contributed by atoms with Gasteiger partial charge in [0.25, 0.3) is 0 Å². The fourth-order valence-corrected chi connectivity index (χ4v) is 9.05. The summed E-state index contributed by atoms with van der Waals surface area (Å²) in [6.45, 7) is 5.76. The summed E-state index contributed by atoms with van der Waals surface area (Å²) in [5.74, 6) is 6.05. The van der Waals surface area contributed by atoms with E-state index in [1.54, 1.807) is 0 Å². The average molecular weight is 353 g/mol. The lowest BCUT2D eigenvalue weighted by Gasteiger charge is -2.60. The van der Waals surface area contributed by atoms with E-state index < -0.39 is 0 Å². The summed E-state index contributed by atoms with van der Waals surface area (Å²) < 4.78 is 6.59. The summed E-state index contributed by atoms with van der Waals surface area (Å²) in [4.78, 5) is 12.0. The molecule has 1 aliphatic heterocycles. The highest BCUT2D eigenvalue weighted by molar-refractivity contribution is 5.91. The number of rotatable bonds is 1. The zero-order valence-corrected chi connectivity index (χ0v) is 16.2. The fraction of sp³-hybridized carbons (Fsp3) is 0.792. The Morgan fingerprint density at radius 2 is 2.15 bits per heavy atom. The van der Waals surface area contributed by atoms with E-state index in [0.29, 0.717) is 17.1 Å². The molecular weight excluding hydrogens is 320 g/mol. The highest BCUT2D eigenvalue weighted by atomic mass is 16.5. The van der Waals surface area contributed by atoms with E-state index in [4.69, 9.17) is 4.74 Å². The molecule has 0 N–H and O–H groups in total. The van der Waals surface area contributed by atoms with Crippen LogP contribution in [0, 0.1) is 46.8 Å². The third kappa shape index (κ3) is 1.72. The van der Waals surface area contributed by atoms with Gasteiger partial charge in [0.2, 0.25) is 0 Å². The summed E-state index contributed by atoms with van der Waals surface area (Å²) in [5.41, 5.74) is 1.96. The SMILES string of the molecule is CC[C@]12CCC3C(C1[C@H]1C[C@H]1[C@@]21C=CCO1)[C@H](C)CC1=CC(=O)CC[C@@H]13. The first-order valence-corrected chi connectivity index (χ1v) is 11.2. The van der Waals surface area contributed by atoms with Gasteiger partial charge in [-0.2, -0.15) is 0 Å². The molecule has 3 unspecified atom stereocenters. The molecule has 0 saturated heterocycles. The van der Waals surface area contributed by atoms with Crippen LogP contribution in [0.4, 0.5) is 0 Å². The fourth-order valence-electron chi connectivity index (χ4n) is 9.05. The maximum absolute atomic E-state index is 12.0. The van der Waals surface area contributed by atoms with Crippen molar-refractivity contribution in [1.29, 1.82) is 0 Å². The molecule has 4 saturated carbocycles. The Morgan fingerprint density at radius 1 is 1.27 bits per heavy atom. The van der Waals surface area contributed by atoms with E-state index in [0.717, 1.165) is 55.0 Å². The minimum atomic E-state index is 0.0699. The van der Waals surface area contributed by atoms with Gasteiger partial charge in [-0.05, 0) is 86.0 Å². The third-order valence-electron chi connectivity index (χ3n) is 9.77. The summed E-state index contributed by atoms with van der Waals surface area (Å²) in [7, 11) is 0. The van der Waals surface area contributed by atoms with Crippen LogP contribution in [-0.2, 0) is 9.53 Å². The van der Waals surface area contributed by atoms with Crippen LogP contribution in [0.25, 0.3) is 0 Å². The number of carbonyl (C=O) groups is 1. The summed E-state index contributed by atoms with van der Waals surface area (Å²) in [6.07, 6.45) is 15.3. The smallest absolute Gasteiger partial charge is 0.155 e. The first kappa shape index (κ1) is 16.1. The van der Waals surface area contributed by atoms with Crippen LogP contribution in [0.15, 0.2) is 23.8 Å². The molecule has 6 aliphatic rings. The van der Waals surface area contributed by atoms with E-state index >= 15 is 0 Å². The van der Waals surface area contributed by atoms with Crippen molar-refractivity contribution >= 4 is 5.78 Å². The summed E-state index contributed by atoms with van der Waals surface area (Å²) >= 11 is 0. The topological polar surface area (TPSA) is 26.3 Å². The van der Waals surface area contributed by atoms with Crippen molar-refractivity contribution in [3.8, 4) is 0 Å². The van der Waals surface area contributed by atoms with Crippen molar-refractivity contribution in [3.63, 3.8) is 0 Å². The van der Waals surface area contributed by atoms with Gasteiger partial charge in [0.15, 0.2) is 5.78 Å². The third-order valence-corrected chi connectivity index (χ3v) is 9.77. The van der Waals surface area contributed by atoms with Crippen LogP contribution in [0.1, 0.15) is 58.8 Å². The second-order valence-electron chi connectivity index (χ2n) is 10.3. The van der Waals surface area contributed by atoms with E-state index in [2.05, 4.69) is 26.0 Å². The van der Waals surface area contributed by atoms with E-state index in [1.807, 2.05) is 6.08 Å². The quantitative estimate of drug-likeness (QED) is 0.625. The van der Waals surface area contributed by atoms with Crippen LogP contribution in [0.2, 0.25) is 0 Å². The Morgan fingerprint density at radius 3 is 2.92 bits per heavy atom. The predicted octanol–water partition coefficient (Wildman–Crippen LogP) is 4.95. The van der Waals surface area contributed by atoms with Gasteiger partial charge in [-0.15, -0.1) is 0 Å². The van der Waals surface area contributed by atoms with Gasteiger partial charge in [-0.3, -0.25) is 4.79 Å². The standard InChI is InChI=1S/C24H32O2/c1-3-23-9-7-18-17-6-5-16(25)12-15(17)11-14(2)21(18)22(23)19-13-20(19)24(23)8-4-10-26-24/h4,8,12,14,17-22H,3,5-7,9-11,13H2,1-2H3/t14-,17+,18?,19+,20-,21?,22?,23+,24+/m1/s1. The summed E-state index contributed by atoms with van der Waals surface area (Å²) in [5, 5.41) is 0. The lowest BCUT2D eigenvalue weighted by Crippen LogP contribution is -2.57. The number of hydrogen-bond acceptors (Lipinski definition) is 2. The highest BCUT2D eigenvalue weighted by Crippen LogP contribution is 2.78. The lowest BCUT2D eigenvalue weighted by molar-refractivity contribution is -0.150. The normalized spacial score (nSPS) is 56.6. The van der Waals surface area contributed by atoms with Crippen molar-refractivity contribution in [2.45, 2.75) is 64.4 Å². The van der Waals surface area contributed by atoms with Gasteiger partial charge < -0.3 is 4.74 Å². The number of fused-ring (bicyclic) bond motifs is 9. The van der Waals surface area contributed by atoms with Gasteiger partial charge >= 0.3 is 0 Å². The number of ketones is 1. The number of ether oxygens (including phenoxy) is 1. The monoisotopic (exact) mass is 352 g/mol. The highest BCUT2D eigenvalue weighted by Gasteiger charge is 2.77. The molecule has 0 aromatic heterocycles. The predicted molar refractivity (Wildman–Crippen MR) is 101 cm³/mol. The first-order chi connectivity index (χ1) is 12.6. The number of carbonyl (C=O) groups excluding carboxylic acids is 1. The Bertz CT molecular complexity index is 720. The molecule has 2 nitrogen and oxygen atoms in total. The Hall–Kier alpha value is -0.890. The van der Waals surface area contributed by atoms with Gasteiger partial charge in [-0.1, -0.05) is 31.6 Å². The van der Waals surface area contributed by atoms with Crippen molar-refractivity contribution in [1.82, 2.24) is 0 Å². The molecule has 140 valence electrons.